The fourth-order valence-corrected chi connectivity index (χ4v) is 4.57. The van der Waals surface area contributed by atoms with E-state index in [0.717, 1.165) is 43.9 Å². The quantitative estimate of drug-likeness (QED) is 0.477. The van der Waals surface area contributed by atoms with Crippen LogP contribution >= 0.6 is 0 Å². The molecule has 1 fully saturated rings. The number of rotatable bonds is 6. The summed E-state index contributed by atoms with van der Waals surface area (Å²) >= 11 is 0. The summed E-state index contributed by atoms with van der Waals surface area (Å²) < 4.78 is 42.8. The van der Waals surface area contributed by atoms with Crippen molar-refractivity contribution >= 4 is 22.7 Å². The number of pyridine rings is 1. The summed E-state index contributed by atoms with van der Waals surface area (Å²) in [7, 11) is 0. The molecule has 1 aliphatic rings. The number of aromatic amines is 1. The highest BCUT2D eigenvalue weighted by Gasteiger charge is 2.39. The Morgan fingerprint density at radius 2 is 2.00 bits per heavy atom. The number of H-pyrrole nitrogens is 1. The number of anilines is 1. The summed E-state index contributed by atoms with van der Waals surface area (Å²) in [6.45, 7) is 1.97. The first kappa shape index (κ1) is 21.7. The average Bonchev–Trinajstić information content (AvgIpc) is 3.35. The van der Waals surface area contributed by atoms with Crippen molar-refractivity contribution in [3.05, 3.63) is 47.4 Å². The van der Waals surface area contributed by atoms with Crippen LogP contribution in [0.1, 0.15) is 44.6 Å². The molecule has 3 N–H and O–H groups in total. The van der Waals surface area contributed by atoms with Gasteiger partial charge in [0.15, 0.2) is 11.6 Å². The lowest BCUT2D eigenvalue weighted by Crippen LogP contribution is -2.39. The predicted octanol–water partition coefficient (Wildman–Crippen LogP) is 5.35. The Kier molecular flexibility index (Phi) is 5.55. The van der Waals surface area contributed by atoms with Gasteiger partial charge in [-0.1, -0.05) is 19.8 Å². The van der Waals surface area contributed by atoms with Gasteiger partial charge in [0.2, 0.25) is 0 Å². The van der Waals surface area contributed by atoms with Crippen molar-refractivity contribution in [3.8, 4) is 17.3 Å². The van der Waals surface area contributed by atoms with Crippen LogP contribution in [0.25, 0.3) is 22.2 Å². The molecule has 1 aliphatic carbocycles. The Balaban J connectivity index is 1.81. The minimum Gasteiger partial charge on any atom is -0.481 e. The summed E-state index contributed by atoms with van der Waals surface area (Å²) in [6.07, 6.45) is 4.65. The molecule has 9 heteroatoms. The molecule has 0 spiro atoms. The van der Waals surface area contributed by atoms with Gasteiger partial charge in [-0.2, -0.15) is 5.26 Å². The average molecular weight is 442 g/mol. The third kappa shape index (κ3) is 3.88. The highest BCUT2D eigenvalue weighted by atomic mass is 19.1. The summed E-state index contributed by atoms with van der Waals surface area (Å²) in [5.41, 5.74) is -0.153. The lowest BCUT2D eigenvalue weighted by molar-refractivity contribution is -0.137. The number of benzene rings is 1. The second-order valence-electron chi connectivity index (χ2n) is 8.50. The molecule has 0 aliphatic heterocycles. The smallest absolute Gasteiger partial charge is 0.305 e. The zero-order valence-corrected chi connectivity index (χ0v) is 17.3. The molecule has 4 rings (SSSR count). The first-order chi connectivity index (χ1) is 15.2. The monoisotopic (exact) mass is 442 g/mol. The van der Waals surface area contributed by atoms with Crippen LogP contribution in [0.5, 0.6) is 0 Å². The van der Waals surface area contributed by atoms with Crippen LogP contribution < -0.4 is 5.32 Å². The standard InChI is InChI=1S/C23H21F3N4O2/c1-23(4-2-3-5-23)18(9-19(31)32)29-22-17(26)6-12(10-27)20(30-22)15-11-28-21-14(15)7-13(24)8-16(21)25/h6-8,11,18,28H,2-5,9H2,1H3,(H,29,30)(H,31,32). The van der Waals surface area contributed by atoms with Crippen molar-refractivity contribution in [2.75, 3.05) is 5.32 Å². The van der Waals surface area contributed by atoms with Gasteiger partial charge in [0.25, 0.3) is 0 Å². The highest BCUT2D eigenvalue weighted by molar-refractivity contribution is 5.96. The predicted molar refractivity (Wildman–Crippen MR) is 112 cm³/mol. The van der Waals surface area contributed by atoms with E-state index in [1.54, 1.807) is 0 Å². The minimum absolute atomic E-state index is 0.0353. The van der Waals surface area contributed by atoms with E-state index in [4.69, 9.17) is 0 Å². The largest absolute Gasteiger partial charge is 0.481 e. The molecule has 0 radical (unpaired) electrons. The Hall–Kier alpha value is -3.54. The molecule has 2 aromatic heterocycles. The first-order valence-corrected chi connectivity index (χ1v) is 10.3. The number of fused-ring (bicyclic) bond motifs is 1. The number of halogens is 3. The van der Waals surface area contributed by atoms with Crippen LogP contribution in [0.4, 0.5) is 19.0 Å². The fourth-order valence-electron chi connectivity index (χ4n) is 4.57. The maximum Gasteiger partial charge on any atom is 0.305 e. The summed E-state index contributed by atoms with van der Waals surface area (Å²) in [5.74, 6) is -3.64. The van der Waals surface area contributed by atoms with Crippen molar-refractivity contribution in [1.82, 2.24) is 9.97 Å². The summed E-state index contributed by atoms with van der Waals surface area (Å²) in [6, 6.07) is 4.12. The number of nitrogens with one attached hydrogen (secondary N) is 2. The molecule has 1 atom stereocenters. The lowest BCUT2D eigenvalue weighted by Gasteiger charge is -2.34. The summed E-state index contributed by atoms with van der Waals surface area (Å²) in [5, 5.41) is 22.0. The molecule has 0 saturated heterocycles. The van der Waals surface area contributed by atoms with E-state index in [2.05, 4.69) is 15.3 Å². The normalized spacial score (nSPS) is 16.1. The number of aliphatic carboxylic acids is 1. The number of carboxylic acids is 1. The molecule has 2 heterocycles. The Labute approximate surface area is 182 Å². The van der Waals surface area contributed by atoms with Crippen LogP contribution in [0.3, 0.4) is 0 Å². The van der Waals surface area contributed by atoms with Gasteiger partial charge in [-0.15, -0.1) is 0 Å². The van der Waals surface area contributed by atoms with E-state index >= 15 is 0 Å². The molecule has 6 nitrogen and oxygen atoms in total. The molecule has 0 amide bonds. The van der Waals surface area contributed by atoms with E-state index < -0.39 is 29.5 Å². The molecule has 166 valence electrons. The second kappa shape index (κ2) is 8.19. The van der Waals surface area contributed by atoms with Crippen molar-refractivity contribution in [1.29, 1.82) is 5.26 Å². The Morgan fingerprint density at radius 3 is 2.66 bits per heavy atom. The number of carboxylic acid groups (broad SMARTS) is 1. The number of nitriles is 1. The van der Waals surface area contributed by atoms with Gasteiger partial charge in [0, 0.05) is 29.3 Å². The number of hydrogen-bond acceptors (Lipinski definition) is 4. The Bertz CT molecular complexity index is 1240. The van der Waals surface area contributed by atoms with E-state index in [9.17, 15) is 28.3 Å². The van der Waals surface area contributed by atoms with E-state index in [-0.39, 0.29) is 45.4 Å². The van der Waals surface area contributed by atoms with E-state index in [0.29, 0.717) is 0 Å². The molecule has 1 aromatic carbocycles. The molecule has 32 heavy (non-hydrogen) atoms. The van der Waals surface area contributed by atoms with E-state index in [1.165, 1.54) is 6.20 Å². The third-order valence-corrected chi connectivity index (χ3v) is 6.33. The fraction of sp³-hybridized carbons (Fsp3) is 0.348. The lowest BCUT2D eigenvalue weighted by atomic mass is 9.79. The number of nitrogens with zero attached hydrogens (tertiary/aromatic N) is 2. The SMILES string of the molecule is CC1(C(CC(=O)O)Nc2nc(-c3c[nH]c4c(F)cc(F)cc34)c(C#N)cc2F)CCCC1. The van der Waals surface area contributed by atoms with Gasteiger partial charge in [-0.3, -0.25) is 4.79 Å². The molecule has 0 bridgehead atoms. The highest BCUT2D eigenvalue weighted by Crippen LogP contribution is 2.43. The van der Waals surface area contributed by atoms with Crippen LogP contribution in [0.2, 0.25) is 0 Å². The topological polar surface area (TPSA) is 102 Å². The zero-order chi connectivity index (χ0) is 23.0. The van der Waals surface area contributed by atoms with Crippen LogP contribution in [-0.2, 0) is 4.79 Å². The van der Waals surface area contributed by atoms with Gasteiger partial charge in [-0.05, 0) is 30.4 Å². The zero-order valence-electron chi connectivity index (χ0n) is 17.3. The van der Waals surface area contributed by atoms with Crippen LogP contribution in [0, 0.1) is 34.2 Å². The molecular weight excluding hydrogens is 421 g/mol. The Morgan fingerprint density at radius 1 is 1.28 bits per heavy atom. The maximum absolute atomic E-state index is 14.9. The van der Waals surface area contributed by atoms with Gasteiger partial charge < -0.3 is 15.4 Å². The maximum atomic E-state index is 14.9. The van der Waals surface area contributed by atoms with Crippen molar-refractivity contribution < 1.29 is 23.1 Å². The number of aromatic nitrogens is 2. The molecule has 3 aromatic rings. The van der Waals surface area contributed by atoms with Crippen molar-refractivity contribution in [3.63, 3.8) is 0 Å². The van der Waals surface area contributed by atoms with Crippen molar-refractivity contribution in [2.24, 2.45) is 5.41 Å². The van der Waals surface area contributed by atoms with Gasteiger partial charge in [0.1, 0.15) is 17.7 Å². The molecule has 1 saturated carbocycles. The first-order valence-electron chi connectivity index (χ1n) is 10.3. The van der Waals surface area contributed by atoms with Crippen molar-refractivity contribution in [2.45, 2.75) is 45.1 Å². The van der Waals surface area contributed by atoms with Gasteiger partial charge >= 0.3 is 5.97 Å². The molecular formula is C23H21F3N4O2. The molecule has 1 unspecified atom stereocenters. The second-order valence-corrected chi connectivity index (χ2v) is 8.50. The van der Waals surface area contributed by atoms with Crippen LogP contribution in [0.15, 0.2) is 24.4 Å². The minimum atomic E-state index is -1.02. The van der Waals surface area contributed by atoms with Crippen LogP contribution in [-0.4, -0.2) is 27.1 Å². The van der Waals surface area contributed by atoms with E-state index in [1.807, 2.05) is 13.0 Å². The number of carbonyl (C=O) groups is 1. The summed E-state index contributed by atoms with van der Waals surface area (Å²) in [4.78, 5) is 18.5. The van der Waals surface area contributed by atoms with Gasteiger partial charge in [-0.25, -0.2) is 18.2 Å². The third-order valence-electron chi connectivity index (χ3n) is 6.33. The number of hydrogen-bond donors (Lipinski definition) is 3. The van der Waals surface area contributed by atoms with Gasteiger partial charge in [0.05, 0.1) is 23.2 Å².